The van der Waals surface area contributed by atoms with Gasteiger partial charge in [0.15, 0.2) is 12.1 Å². The number of aliphatic hydroxyl groups excluding tert-OH is 1. The number of hydrogen-bond donors (Lipinski definition) is 2. The van der Waals surface area contributed by atoms with Gasteiger partial charge in [-0.3, -0.25) is 9.59 Å². The van der Waals surface area contributed by atoms with E-state index in [-0.39, 0.29) is 42.4 Å². The summed E-state index contributed by atoms with van der Waals surface area (Å²) in [7, 11) is 0. The molecule has 0 spiro atoms. The molecule has 4 fully saturated rings. The van der Waals surface area contributed by atoms with Crippen LogP contribution in [0.4, 0.5) is 4.79 Å². The van der Waals surface area contributed by atoms with Crippen molar-refractivity contribution in [2.24, 2.45) is 52.3 Å². The zero-order chi connectivity index (χ0) is 35.3. The number of ether oxygens (including phenoxy) is 2. The molecule has 1 saturated heterocycles. The summed E-state index contributed by atoms with van der Waals surface area (Å²) >= 11 is 0. The Balaban J connectivity index is 1.01. The van der Waals surface area contributed by atoms with E-state index in [9.17, 15) is 19.5 Å². The lowest BCUT2D eigenvalue weighted by molar-refractivity contribution is -0.147. The molecule has 0 aromatic carbocycles. The first kappa shape index (κ1) is 38.3. The van der Waals surface area contributed by atoms with Crippen molar-refractivity contribution in [1.82, 2.24) is 10.2 Å². The molecule has 4 aliphatic carbocycles. The van der Waals surface area contributed by atoms with E-state index in [4.69, 9.17) is 9.47 Å². The number of Topliss-reactive ketones (excluding diaryl/α,β-unsaturated/α-hetero) is 1. The predicted octanol–water partition coefficient (Wildman–Crippen LogP) is 8.07. The minimum absolute atomic E-state index is 0.0397. The molecule has 8 heteroatoms. The van der Waals surface area contributed by atoms with Crippen LogP contribution in [0.25, 0.3) is 0 Å². The fourth-order valence-corrected chi connectivity index (χ4v) is 11.3. The van der Waals surface area contributed by atoms with Gasteiger partial charge >= 0.3 is 6.09 Å². The van der Waals surface area contributed by atoms with Crippen molar-refractivity contribution >= 4 is 17.8 Å². The van der Waals surface area contributed by atoms with Crippen LogP contribution in [0.2, 0.25) is 0 Å². The molecule has 3 saturated carbocycles. The van der Waals surface area contributed by atoms with Crippen LogP contribution >= 0.6 is 0 Å². The Hall–Kier alpha value is -1.93. The molecule has 5 rings (SSSR count). The van der Waals surface area contributed by atoms with Crippen LogP contribution in [0.3, 0.4) is 0 Å². The van der Waals surface area contributed by atoms with Gasteiger partial charge in [0.2, 0.25) is 5.91 Å². The predicted molar refractivity (Wildman–Crippen MR) is 192 cm³/mol. The standard InChI is InChI=1S/C41H68N2O6/c1-7-48-38(46)32-25-43(26-36(32)44)37(45)14-9-8-10-23-42-39(47)49-30-19-21-40(5)29(24-30)15-16-31-34-18-17-33(28(4)13-11-12-27(2)3)41(34,6)22-20-35(31)40/h15,27-28,30-35,38,46H,7-14,16-26H2,1-6H3,(H,42,47)/t28?,30-,31?,32?,33+,34?,35?,38?,40-,41+/m0/s1. The highest BCUT2D eigenvalue weighted by atomic mass is 16.6. The van der Waals surface area contributed by atoms with Crippen molar-refractivity contribution in [1.29, 1.82) is 0 Å². The normalized spacial score (nSPS) is 35.3. The van der Waals surface area contributed by atoms with Gasteiger partial charge in [0.05, 0.1) is 12.5 Å². The maximum atomic E-state index is 12.7. The van der Waals surface area contributed by atoms with E-state index >= 15 is 0 Å². The molecular formula is C41H68N2O6. The summed E-state index contributed by atoms with van der Waals surface area (Å²) in [5, 5.41) is 12.9. The van der Waals surface area contributed by atoms with Crippen molar-refractivity contribution in [3.63, 3.8) is 0 Å². The first-order valence-corrected chi connectivity index (χ1v) is 20.1. The second kappa shape index (κ2) is 16.6. The molecule has 0 radical (unpaired) electrons. The van der Waals surface area contributed by atoms with E-state index in [1.807, 2.05) is 0 Å². The Morgan fingerprint density at radius 2 is 1.82 bits per heavy atom. The number of unbranched alkanes of at least 4 members (excludes halogenated alkanes) is 2. The lowest BCUT2D eigenvalue weighted by Gasteiger charge is -2.58. The Kier molecular flexibility index (Phi) is 13.0. The molecule has 2 amide bonds. The molecule has 6 unspecified atom stereocenters. The second-order valence-electron chi connectivity index (χ2n) is 17.5. The molecule has 0 aromatic heterocycles. The first-order chi connectivity index (χ1) is 23.4. The van der Waals surface area contributed by atoms with E-state index in [1.54, 1.807) is 12.5 Å². The van der Waals surface area contributed by atoms with Crippen molar-refractivity contribution in [3.05, 3.63) is 11.6 Å². The lowest BCUT2D eigenvalue weighted by atomic mass is 9.47. The number of nitrogens with one attached hydrogen (secondary N) is 1. The third-order valence-electron chi connectivity index (χ3n) is 14.1. The maximum Gasteiger partial charge on any atom is 0.407 e. The molecule has 10 atom stereocenters. The number of carbonyl (C=O) groups excluding carboxylic acids is 3. The summed E-state index contributed by atoms with van der Waals surface area (Å²) in [4.78, 5) is 39.0. The van der Waals surface area contributed by atoms with Gasteiger partial charge in [-0.05, 0) is 111 Å². The highest BCUT2D eigenvalue weighted by Crippen LogP contribution is 2.67. The Morgan fingerprint density at radius 3 is 2.57 bits per heavy atom. The number of allylic oxidation sites excluding steroid dienone is 1. The van der Waals surface area contributed by atoms with Crippen LogP contribution < -0.4 is 5.32 Å². The third kappa shape index (κ3) is 8.59. The van der Waals surface area contributed by atoms with Gasteiger partial charge in [-0.2, -0.15) is 0 Å². The topological polar surface area (TPSA) is 105 Å². The first-order valence-electron chi connectivity index (χ1n) is 20.1. The quantitative estimate of drug-likeness (QED) is 0.103. The van der Waals surface area contributed by atoms with Crippen LogP contribution in [0, 0.1) is 52.3 Å². The summed E-state index contributed by atoms with van der Waals surface area (Å²) < 4.78 is 11.1. The number of nitrogens with zero attached hydrogens (tertiary/aromatic N) is 1. The summed E-state index contributed by atoms with van der Waals surface area (Å²) in [6.07, 6.45) is 17.5. The van der Waals surface area contributed by atoms with Crippen LogP contribution in [-0.4, -0.2) is 66.4 Å². The van der Waals surface area contributed by atoms with Crippen molar-refractivity contribution in [3.8, 4) is 0 Å². The molecule has 5 aliphatic rings. The van der Waals surface area contributed by atoms with Crippen molar-refractivity contribution in [2.75, 3.05) is 26.2 Å². The van der Waals surface area contributed by atoms with Gasteiger partial charge in [0.25, 0.3) is 0 Å². The van der Waals surface area contributed by atoms with Gasteiger partial charge < -0.3 is 24.8 Å². The maximum absolute atomic E-state index is 12.7. The average Bonchev–Trinajstić information content (AvgIpc) is 3.62. The second-order valence-corrected chi connectivity index (χ2v) is 17.5. The van der Waals surface area contributed by atoms with E-state index in [0.29, 0.717) is 31.4 Å². The Labute approximate surface area is 296 Å². The molecule has 0 aromatic rings. The number of ketones is 1. The van der Waals surface area contributed by atoms with E-state index in [1.165, 1.54) is 56.3 Å². The number of carbonyl (C=O) groups is 3. The summed E-state index contributed by atoms with van der Waals surface area (Å²) in [6.45, 7) is 15.3. The molecule has 49 heavy (non-hydrogen) atoms. The van der Waals surface area contributed by atoms with E-state index < -0.39 is 12.2 Å². The summed E-state index contributed by atoms with van der Waals surface area (Å²) in [6, 6.07) is 0. The van der Waals surface area contributed by atoms with Crippen LogP contribution in [0.5, 0.6) is 0 Å². The number of alkyl carbamates (subject to hydrolysis) is 1. The summed E-state index contributed by atoms with van der Waals surface area (Å²) in [5.41, 5.74) is 2.28. The number of hydrogen-bond acceptors (Lipinski definition) is 6. The number of likely N-dealkylation sites (tertiary alicyclic amines) is 1. The highest BCUT2D eigenvalue weighted by Gasteiger charge is 2.59. The third-order valence-corrected chi connectivity index (χ3v) is 14.1. The molecule has 0 bridgehead atoms. The zero-order valence-electron chi connectivity index (χ0n) is 31.6. The Morgan fingerprint density at radius 1 is 1.02 bits per heavy atom. The van der Waals surface area contributed by atoms with Crippen molar-refractivity contribution < 1.29 is 29.0 Å². The van der Waals surface area contributed by atoms with E-state index in [2.05, 4.69) is 46.0 Å². The monoisotopic (exact) mass is 685 g/mol. The van der Waals surface area contributed by atoms with Gasteiger partial charge in [-0.15, -0.1) is 0 Å². The largest absolute Gasteiger partial charge is 0.446 e. The Bertz CT molecular complexity index is 1190. The average molecular weight is 685 g/mol. The van der Waals surface area contributed by atoms with Gasteiger partial charge in [0, 0.05) is 32.5 Å². The van der Waals surface area contributed by atoms with Gasteiger partial charge in [-0.25, -0.2) is 4.79 Å². The number of amides is 2. The van der Waals surface area contributed by atoms with E-state index in [0.717, 1.165) is 67.6 Å². The SMILES string of the molecule is CCOC(O)C1CN(C(=O)CCCCCNC(=O)O[C@H]2CC[C@@]3(C)C(=CCC4C3CC[C@@]3(C)C4CC[C@@H]3C(C)CCCC(C)C)C2)CC1=O. The van der Waals surface area contributed by atoms with Crippen molar-refractivity contribution in [2.45, 2.75) is 150 Å². The van der Waals surface area contributed by atoms with Crippen LogP contribution in [0.1, 0.15) is 138 Å². The minimum Gasteiger partial charge on any atom is -0.446 e. The fourth-order valence-electron chi connectivity index (χ4n) is 11.3. The highest BCUT2D eigenvalue weighted by molar-refractivity contribution is 5.91. The van der Waals surface area contributed by atoms with Crippen LogP contribution in [0.15, 0.2) is 11.6 Å². The number of rotatable bonds is 15. The summed E-state index contributed by atoms with van der Waals surface area (Å²) in [5.74, 6) is 4.06. The molecular weight excluding hydrogens is 616 g/mol. The van der Waals surface area contributed by atoms with Gasteiger partial charge in [-0.1, -0.05) is 72.0 Å². The molecule has 8 nitrogen and oxygen atoms in total. The lowest BCUT2D eigenvalue weighted by Crippen LogP contribution is -2.51. The number of fused-ring (bicyclic) bond motifs is 5. The number of aliphatic hydroxyl groups is 1. The minimum atomic E-state index is -1.15. The fraction of sp³-hybridized carbons (Fsp3) is 0.878. The zero-order valence-corrected chi connectivity index (χ0v) is 31.6. The molecule has 1 aliphatic heterocycles. The molecule has 1 heterocycles. The smallest absolute Gasteiger partial charge is 0.407 e. The molecule has 278 valence electrons. The van der Waals surface area contributed by atoms with Crippen LogP contribution in [-0.2, 0) is 19.1 Å². The molecule has 2 N–H and O–H groups in total. The van der Waals surface area contributed by atoms with Gasteiger partial charge in [0.1, 0.15) is 6.10 Å².